The Bertz CT molecular complexity index is 1140. The highest BCUT2D eigenvalue weighted by atomic mass is 19.1. The van der Waals surface area contributed by atoms with E-state index >= 15 is 0 Å². The first-order valence-corrected chi connectivity index (χ1v) is 8.70. The van der Waals surface area contributed by atoms with Crippen LogP contribution in [0.25, 0.3) is 34.0 Å². The first kappa shape index (κ1) is 17.8. The van der Waals surface area contributed by atoms with Crippen LogP contribution < -0.4 is 11.5 Å². The van der Waals surface area contributed by atoms with Crippen LogP contribution in [0.2, 0.25) is 0 Å². The Morgan fingerprint density at radius 1 is 1.04 bits per heavy atom. The minimum atomic E-state index is -0.421. The van der Waals surface area contributed by atoms with Gasteiger partial charge in [0.05, 0.1) is 11.9 Å². The number of hydrogen-bond acceptors (Lipinski definition) is 6. The molecule has 2 aromatic carbocycles. The highest BCUT2D eigenvalue weighted by Crippen LogP contribution is 2.30. The molecule has 0 unspecified atom stereocenters. The van der Waals surface area contributed by atoms with E-state index in [1.807, 2.05) is 31.2 Å². The predicted octanol–water partition coefficient (Wildman–Crippen LogP) is 3.95. The van der Waals surface area contributed by atoms with Gasteiger partial charge >= 0.3 is 0 Å². The lowest BCUT2D eigenvalue weighted by molar-refractivity contribution is 0.433. The summed E-state index contributed by atoms with van der Waals surface area (Å²) in [6.07, 6.45) is 1.60. The first-order chi connectivity index (χ1) is 13.5. The normalized spacial score (nSPS) is 11.0. The molecule has 0 radical (unpaired) electrons. The van der Waals surface area contributed by atoms with Crippen molar-refractivity contribution in [3.8, 4) is 34.0 Å². The third-order valence-electron chi connectivity index (χ3n) is 4.44. The van der Waals surface area contributed by atoms with Crippen molar-refractivity contribution in [2.75, 3.05) is 5.73 Å². The monoisotopic (exact) mass is 375 g/mol. The molecule has 0 fully saturated rings. The molecule has 0 spiro atoms. The summed E-state index contributed by atoms with van der Waals surface area (Å²) < 4.78 is 19.7. The number of aromatic nitrogens is 3. The molecule has 0 bridgehead atoms. The fraction of sp³-hybridized carbons (Fsp3) is 0.0952. The Balaban J connectivity index is 1.72. The van der Waals surface area contributed by atoms with Crippen molar-refractivity contribution in [2.45, 2.75) is 13.5 Å². The summed E-state index contributed by atoms with van der Waals surface area (Å²) in [7, 11) is 0. The molecular formula is C21H18FN5O. The molecule has 7 heteroatoms. The van der Waals surface area contributed by atoms with Gasteiger partial charge in [0.1, 0.15) is 11.5 Å². The fourth-order valence-electron chi connectivity index (χ4n) is 2.85. The predicted molar refractivity (Wildman–Crippen MR) is 105 cm³/mol. The minimum Gasteiger partial charge on any atom is -0.382 e. The van der Waals surface area contributed by atoms with Gasteiger partial charge in [-0.2, -0.15) is 0 Å². The Hall–Kier alpha value is -3.58. The Morgan fingerprint density at radius 3 is 2.54 bits per heavy atom. The summed E-state index contributed by atoms with van der Waals surface area (Å²) in [6, 6.07) is 14.3. The summed E-state index contributed by atoms with van der Waals surface area (Å²) in [6.45, 7) is 2.28. The Kier molecular flexibility index (Phi) is 4.58. The van der Waals surface area contributed by atoms with E-state index < -0.39 is 5.82 Å². The summed E-state index contributed by atoms with van der Waals surface area (Å²) in [4.78, 5) is 8.78. The van der Waals surface area contributed by atoms with Crippen molar-refractivity contribution in [3.05, 3.63) is 71.7 Å². The zero-order chi connectivity index (χ0) is 19.7. The van der Waals surface area contributed by atoms with Crippen LogP contribution in [0.4, 0.5) is 10.2 Å². The second-order valence-electron chi connectivity index (χ2n) is 6.45. The lowest BCUT2D eigenvalue weighted by atomic mass is 10.1. The van der Waals surface area contributed by atoms with Crippen LogP contribution in [0.15, 0.2) is 59.3 Å². The summed E-state index contributed by atoms with van der Waals surface area (Å²) in [5.74, 6) is 0.101. The van der Waals surface area contributed by atoms with Gasteiger partial charge < -0.3 is 16.0 Å². The number of rotatable bonds is 4. The van der Waals surface area contributed by atoms with Gasteiger partial charge in [-0.15, -0.1) is 0 Å². The van der Waals surface area contributed by atoms with E-state index in [9.17, 15) is 4.39 Å². The molecule has 0 aliphatic heterocycles. The molecule has 140 valence electrons. The maximum Gasteiger partial charge on any atom is 0.189 e. The molecular weight excluding hydrogens is 357 g/mol. The summed E-state index contributed by atoms with van der Waals surface area (Å²) in [5, 5.41) is 3.96. The smallest absolute Gasteiger partial charge is 0.189 e. The van der Waals surface area contributed by atoms with Gasteiger partial charge in [-0.3, -0.25) is 0 Å². The van der Waals surface area contributed by atoms with Crippen LogP contribution in [0, 0.1) is 12.7 Å². The molecule has 4 aromatic rings. The standard InChI is InChI=1S/C21H18FN5O/c1-12-2-5-14(6-3-12)18-11-25-21(24)20(26-18)19-9-17(27-28-19)15-7-4-13(10-23)8-16(15)22/h2-9,11H,10,23H2,1H3,(H2,24,25). The van der Waals surface area contributed by atoms with E-state index in [2.05, 4.69) is 15.1 Å². The second kappa shape index (κ2) is 7.21. The number of benzene rings is 2. The van der Waals surface area contributed by atoms with Gasteiger partial charge in [-0.05, 0) is 24.6 Å². The fourth-order valence-corrected chi connectivity index (χ4v) is 2.85. The molecule has 2 aromatic heterocycles. The molecule has 28 heavy (non-hydrogen) atoms. The largest absolute Gasteiger partial charge is 0.382 e. The highest BCUT2D eigenvalue weighted by Gasteiger charge is 2.17. The Labute approximate surface area is 161 Å². The lowest BCUT2D eigenvalue weighted by Gasteiger charge is -2.05. The topological polar surface area (TPSA) is 104 Å². The molecule has 4 N–H and O–H groups in total. The van der Waals surface area contributed by atoms with Gasteiger partial charge in [-0.1, -0.05) is 41.1 Å². The van der Waals surface area contributed by atoms with E-state index in [0.29, 0.717) is 34.0 Å². The van der Waals surface area contributed by atoms with Crippen LogP contribution >= 0.6 is 0 Å². The minimum absolute atomic E-state index is 0.206. The number of nitrogen functional groups attached to an aromatic ring is 1. The van der Waals surface area contributed by atoms with Crippen LogP contribution in [0.1, 0.15) is 11.1 Å². The molecule has 0 atom stereocenters. The van der Waals surface area contributed by atoms with Crippen molar-refractivity contribution >= 4 is 5.82 Å². The number of nitrogens with two attached hydrogens (primary N) is 2. The van der Waals surface area contributed by atoms with Gasteiger partial charge in [-0.25, -0.2) is 14.4 Å². The van der Waals surface area contributed by atoms with Crippen LogP contribution in [-0.2, 0) is 6.54 Å². The van der Waals surface area contributed by atoms with Crippen molar-refractivity contribution in [2.24, 2.45) is 5.73 Å². The molecule has 0 saturated carbocycles. The molecule has 4 rings (SSSR count). The lowest BCUT2D eigenvalue weighted by Crippen LogP contribution is -1.98. The van der Waals surface area contributed by atoms with E-state index in [1.165, 1.54) is 6.07 Å². The van der Waals surface area contributed by atoms with E-state index in [-0.39, 0.29) is 12.4 Å². The number of anilines is 1. The number of halogens is 1. The maximum absolute atomic E-state index is 14.3. The average Bonchev–Trinajstić information content (AvgIpc) is 3.18. The first-order valence-electron chi connectivity index (χ1n) is 8.70. The van der Waals surface area contributed by atoms with Crippen molar-refractivity contribution in [3.63, 3.8) is 0 Å². The van der Waals surface area contributed by atoms with Crippen molar-refractivity contribution in [1.29, 1.82) is 0 Å². The molecule has 6 nitrogen and oxygen atoms in total. The third kappa shape index (κ3) is 3.35. The van der Waals surface area contributed by atoms with Crippen LogP contribution in [0.5, 0.6) is 0 Å². The van der Waals surface area contributed by atoms with Gasteiger partial charge in [0, 0.05) is 23.7 Å². The quantitative estimate of drug-likeness (QED) is 0.560. The molecule has 2 heterocycles. The van der Waals surface area contributed by atoms with Crippen LogP contribution in [-0.4, -0.2) is 15.1 Å². The molecule has 0 amide bonds. The van der Waals surface area contributed by atoms with Gasteiger partial charge in [0.15, 0.2) is 17.3 Å². The van der Waals surface area contributed by atoms with Crippen molar-refractivity contribution < 1.29 is 8.91 Å². The van der Waals surface area contributed by atoms with E-state index in [0.717, 1.165) is 11.1 Å². The maximum atomic E-state index is 14.3. The number of nitrogens with zero attached hydrogens (tertiary/aromatic N) is 3. The van der Waals surface area contributed by atoms with Crippen LogP contribution in [0.3, 0.4) is 0 Å². The molecule has 0 aliphatic rings. The molecule has 0 saturated heterocycles. The SMILES string of the molecule is Cc1ccc(-c2cnc(N)c(-c3cc(-c4ccc(CN)cc4F)no3)n2)cc1. The van der Waals surface area contributed by atoms with Crippen molar-refractivity contribution in [1.82, 2.24) is 15.1 Å². The Morgan fingerprint density at radius 2 is 1.82 bits per heavy atom. The average molecular weight is 375 g/mol. The van der Waals surface area contributed by atoms with E-state index in [4.69, 9.17) is 16.0 Å². The summed E-state index contributed by atoms with van der Waals surface area (Å²) >= 11 is 0. The number of aryl methyl sites for hydroxylation is 1. The third-order valence-corrected chi connectivity index (χ3v) is 4.44. The van der Waals surface area contributed by atoms with E-state index in [1.54, 1.807) is 24.4 Å². The molecule has 0 aliphatic carbocycles. The second-order valence-corrected chi connectivity index (χ2v) is 6.45. The zero-order valence-corrected chi connectivity index (χ0v) is 15.2. The number of hydrogen-bond donors (Lipinski definition) is 2. The van der Waals surface area contributed by atoms with Gasteiger partial charge in [0.25, 0.3) is 0 Å². The highest BCUT2D eigenvalue weighted by molar-refractivity contribution is 5.73. The summed E-state index contributed by atoms with van der Waals surface area (Å²) in [5.41, 5.74) is 16.0. The van der Waals surface area contributed by atoms with Gasteiger partial charge in [0.2, 0.25) is 0 Å². The zero-order valence-electron chi connectivity index (χ0n) is 15.2.